The fourth-order valence-corrected chi connectivity index (χ4v) is 4.10. The number of carbonyl (C=O) groups is 1. The molecule has 34 heavy (non-hydrogen) atoms. The van der Waals surface area contributed by atoms with Gasteiger partial charge in [0.15, 0.2) is 11.3 Å². The molecule has 0 spiro atoms. The molecule has 3 aromatic carbocycles. The van der Waals surface area contributed by atoms with Crippen LogP contribution in [0.2, 0.25) is 0 Å². The summed E-state index contributed by atoms with van der Waals surface area (Å²) in [6.45, 7) is 9.35. The van der Waals surface area contributed by atoms with Gasteiger partial charge in [-0.05, 0) is 63.4 Å². The molecule has 0 unspecified atom stereocenters. The first-order chi connectivity index (χ1) is 16.2. The molecular weight excluding hydrogens is 430 g/mol. The predicted octanol–water partition coefficient (Wildman–Crippen LogP) is 5.76. The second-order valence-corrected chi connectivity index (χ2v) is 8.48. The summed E-state index contributed by atoms with van der Waals surface area (Å²) in [6.07, 6.45) is 0. The Labute approximate surface area is 197 Å². The Kier molecular flexibility index (Phi) is 6.07. The van der Waals surface area contributed by atoms with Crippen LogP contribution in [0.4, 0.5) is 0 Å². The average molecular weight is 456 g/mol. The molecule has 1 N–H and O–H groups in total. The predicted molar refractivity (Wildman–Crippen MR) is 132 cm³/mol. The molecule has 1 aromatic heterocycles. The number of para-hydroxylation sites is 2. The quantitative estimate of drug-likeness (QED) is 0.182. The Morgan fingerprint density at radius 1 is 0.882 bits per heavy atom. The molecule has 0 saturated heterocycles. The number of carbonyl (C=O) groups excluding carboxylic acids is 1. The third-order valence-electron chi connectivity index (χ3n) is 5.61. The van der Waals surface area contributed by atoms with Gasteiger partial charge in [-0.25, -0.2) is 14.6 Å². The number of fused-ring (bicyclic) bond motifs is 1. The molecule has 4 rings (SSSR count). The minimum absolute atomic E-state index is 0.278. The zero-order valence-corrected chi connectivity index (χ0v) is 19.7. The van der Waals surface area contributed by atoms with E-state index in [1.165, 1.54) is 0 Å². The molecule has 0 aliphatic rings. The van der Waals surface area contributed by atoms with Gasteiger partial charge in [-0.2, -0.15) is 0 Å². The van der Waals surface area contributed by atoms with E-state index in [1.807, 2.05) is 58.9 Å². The number of rotatable bonds is 4. The second kappa shape index (κ2) is 8.98. The molecule has 0 aliphatic heterocycles. The van der Waals surface area contributed by atoms with E-state index >= 15 is 0 Å². The number of hydrogen-bond acceptors (Lipinski definition) is 6. The Morgan fingerprint density at radius 2 is 1.53 bits per heavy atom. The molecule has 1 heterocycles. The van der Waals surface area contributed by atoms with Gasteiger partial charge in [-0.1, -0.05) is 53.6 Å². The molecule has 6 nitrogen and oxygen atoms in total. The van der Waals surface area contributed by atoms with E-state index in [1.54, 1.807) is 30.3 Å². The summed E-state index contributed by atoms with van der Waals surface area (Å²) in [5, 5.41) is 11.3. The topological polar surface area (TPSA) is 89.6 Å². The van der Waals surface area contributed by atoms with Crippen molar-refractivity contribution in [2.75, 3.05) is 0 Å². The molecule has 0 aliphatic carbocycles. The van der Waals surface area contributed by atoms with E-state index < -0.39 is 17.4 Å². The number of aliphatic hydroxyl groups is 1. The molecule has 6 heteroatoms. The van der Waals surface area contributed by atoms with Crippen LogP contribution in [0.1, 0.15) is 39.1 Å². The molecule has 0 amide bonds. The molecule has 0 bridgehead atoms. The molecule has 0 atom stereocenters. The van der Waals surface area contributed by atoms with Crippen LogP contribution in [0.15, 0.2) is 63.8 Å². The zero-order chi connectivity index (χ0) is 24.6. The van der Waals surface area contributed by atoms with Crippen LogP contribution in [0.5, 0.6) is 5.75 Å². The van der Waals surface area contributed by atoms with Gasteiger partial charge in [0.1, 0.15) is 22.6 Å². The highest BCUT2D eigenvalue weighted by molar-refractivity contribution is 6.23. The molecular formula is C28H25NO5. The van der Waals surface area contributed by atoms with Gasteiger partial charge in [0.25, 0.3) is 0 Å². The monoisotopic (exact) mass is 455 g/mol. The first-order valence-corrected chi connectivity index (χ1v) is 10.9. The van der Waals surface area contributed by atoms with Crippen molar-refractivity contribution in [1.29, 1.82) is 0 Å². The van der Waals surface area contributed by atoms with Crippen molar-refractivity contribution in [2.45, 2.75) is 34.6 Å². The Bertz CT molecular complexity index is 1500. The smallest absolute Gasteiger partial charge is 0.363 e. The van der Waals surface area contributed by atoms with Crippen LogP contribution in [-0.4, -0.2) is 16.1 Å². The molecule has 0 saturated carbocycles. The fraction of sp³-hybridized carbons (Fsp3) is 0.179. The van der Waals surface area contributed by atoms with Crippen LogP contribution in [0.3, 0.4) is 0 Å². The average Bonchev–Trinajstić information content (AvgIpc) is 2.76. The van der Waals surface area contributed by atoms with Gasteiger partial charge in [-0.15, -0.1) is 0 Å². The Hall–Kier alpha value is -4.19. The normalized spacial score (nSPS) is 11.9. The maximum Gasteiger partial charge on any atom is 0.363 e. The maximum absolute atomic E-state index is 13.5. The zero-order valence-electron chi connectivity index (χ0n) is 19.7. The summed E-state index contributed by atoms with van der Waals surface area (Å²) in [5.41, 5.74) is 3.80. The standard InChI is InChI=1S/C28H25NO5/c1-15-10-11-20(17(3)12-15)25(30)23(24-28(32)33-22-9-7-6-8-21(22)29-24)27(31)34-26-18(4)13-16(2)14-19(26)5/h6-14,30H,1-5H3/b25-23+. The Balaban J connectivity index is 1.95. The highest BCUT2D eigenvalue weighted by Gasteiger charge is 2.28. The first kappa shape index (κ1) is 23.0. The molecule has 172 valence electrons. The lowest BCUT2D eigenvalue weighted by molar-refractivity contribution is -0.128. The van der Waals surface area contributed by atoms with Gasteiger partial charge in [-0.3, -0.25) is 0 Å². The van der Waals surface area contributed by atoms with Crippen LogP contribution in [0.25, 0.3) is 22.4 Å². The third-order valence-corrected chi connectivity index (χ3v) is 5.61. The highest BCUT2D eigenvalue weighted by Crippen LogP contribution is 2.30. The van der Waals surface area contributed by atoms with Gasteiger partial charge in [0.2, 0.25) is 0 Å². The molecule has 0 radical (unpaired) electrons. The van der Waals surface area contributed by atoms with Crippen molar-refractivity contribution >= 4 is 28.4 Å². The molecule has 0 fully saturated rings. The number of aliphatic hydroxyl groups excluding tert-OH is 1. The lowest BCUT2D eigenvalue weighted by atomic mass is 9.99. The lowest BCUT2D eigenvalue weighted by Crippen LogP contribution is -2.20. The van der Waals surface area contributed by atoms with Crippen LogP contribution in [-0.2, 0) is 4.79 Å². The summed E-state index contributed by atoms with van der Waals surface area (Å²) >= 11 is 0. The van der Waals surface area contributed by atoms with E-state index in [0.29, 0.717) is 16.8 Å². The number of aromatic nitrogens is 1. The van der Waals surface area contributed by atoms with Crippen LogP contribution in [0, 0.1) is 34.6 Å². The summed E-state index contributed by atoms with van der Waals surface area (Å²) in [4.78, 5) is 30.8. The van der Waals surface area contributed by atoms with Gasteiger partial charge in [0, 0.05) is 5.56 Å². The number of nitrogens with zero attached hydrogens (tertiary/aromatic N) is 1. The second-order valence-electron chi connectivity index (χ2n) is 8.48. The van der Waals surface area contributed by atoms with E-state index in [0.717, 1.165) is 27.8 Å². The number of esters is 1. The Morgan fingerprint density at radius 3 is 2.21 bits per heavy atom. The lowest BCUT2D eigenvalue weighted by Gasteiger charge is -2.15. The van der Waals surface area contributed by atoms with E-state index in [-0.39, 0.29) is 16.9 Å². The van der Waals surface area contributed by atoms with Gasteiger partial charge < -0.3 is 14.3 Å². The summed E-state index contributed by atoms with van der Waals surface area (Å²) in [7, 11) is 0. The number of aryl methyl sites for hydroxylation is 5. The third kappa shape index (κ3) is 4.35. The molecule has 4 aromatic rings. The van der Waals surface area contributed by atoms with Crippen molar-refractivity contribution in [1.82, 2.24) is 4.98 Å². The van der Waals surface area contributed by atoms with Crippen molar-refractivity contribution in [3.8, 4) is 5.75 Å². The van der Waals surface area contributed by atoms with Crippen molar-refractivity contribution in [3.05, 3.63) is 104 Å². The summed E-state index contributed by atoms with van der Waals surface area (Å²) in [5.74, 6) is -0.936. The highest BCUT2D eigenvalue weighted by atomic mass is 16.5. The fourth-order valence-electron chi connectivity index (χ4n) is 4.10. The largest absolute Gasteiger partial charge is 0.506 e. The van der Waals surface area contributed by atoms with Crippen molar-refractivity contribution < 1.29 is 19.1 Å². The first-order valence-electron chi connectivity index (χ1n) is 10.9. The number of hydrogen-bond donors (Lipinski definition) is 1. The number of ether oxygens (including phenoxy) is 1. The number of benzene rings is 3. The minimum atomic E-state index is -0.900. The van der Waals surface area contributed by atoms with E-state index in [9.17, 15) is 14.7 Å². The van der Waals surface area contributed by atoms with Gasteiger partial charge >= 0.3 is 11.6 Å². The van der Waals surface area contributed by atoms with Gasteiger partial charge in [0.05, 0.1) is 0 Å². The van der Waals surface area contributed by atoms with Crippen LogP contribution >= 0.6 is 0 Å². The summed E-state index contributed by atoms with van der Waals surface area (Å²) in [6, 6.07) is 15.9. The maximum atomic E-state index is 13.5. The SMILES string of the molecule is Cc1ccc(/C(O)=C(\C(=O)Oc2c(C)cc(C)cc2C)c2nc3ccccc3oc2=O)c(C)c1. The van der Waals surface area contributed by atoms with E-state index in [2.05, 4.69) is 4.98 Å². The van der Waals surface area contributed by atoms with Crippen molar-refractivity contribution in [2.24, 2.45) is 0 Å². The van der Waals surface area contributed by atoms with E-state index in [4.69, 9.17) is 9.15 Å². The van der Waals surface area contributed by atoms with Crippen molar-refractivity contribution in [3.63, 3.8) is 0 Å². The van der Waals surface area contributed by atoms with Crippen LogP contribution < -0.4 is 10.4 Å². The minimum Gasteiger partial charge on any atom is -0.506 e. The summed E-state index contributed by atoms with van der Waals surface area (Å²) < 4.78 is 11.1.